The second-order valence-corrected chi connectivity index (χ2v) is 5.36. The van der Waals surface area contributed by atoms with Crippen molar-refractivity contribution in [2.24, 2.45) is 0 Å². The van der Waals surface area contributed by atoms with Crippen molar-refractivity contribution in [3.63, 3.8) is 0 Å². The van der Waals surface area contributed by atoms with Crippen molar-refractivity contribution in [2.75, 3.05) is 26.1 Å². The Balaban J connectivity index is 3.62. The van der Waals surface area contributed by atoms with Crippen molar-refractivity contribution >= 4 is 17.7 Å². The number of carbonyl (C=O) groups excluding carboxylic acids is 1. The highest BCUT2D eigenvalue weighted by molar-refractivity contribution is 8.02. The Kier molecular flexibility index (Phi) is 11.7. The summed E-state index contributed by atoms with van der Waals surface area (Å²) in [5.74, 6) is -0.281. The van der Waals surface area contributed by atoms with Crippen LogP contribution in [0, 0.1) is 0 Å². The van der Waals surface area contributed by atoms with E-state index in [0.29, 0.717) is 19.4 Å². The molecule has 118 valence electrons. The maximum absolute atomic E-state index is 11.5. The Morgan fingerprint density at radius 3 is 2.43 bits per heavy atom. The number of ether oxygens (including phenoxy) is 1. The number of allylic oxidation sites excluding steroid dienone is 3. The summed E-state index contributed by atoms with van der Waals surface area (Å²) >= 11 is 1.57. The highest BCUT2D eigenvalue weighted by Gasteiger charge is 2.03. The minimum Gasteiger partial charge on any atom is -0.463 e. The van der Waals surface area contributed by atoms with E-state index in [0.717, 1.165) is 16.1 Å². The summed E-state index contributed by atoms with van der Waals surface area (Å²) in [7, 11) is 0. The van der Waals surface area contributed by atoms with Gasteiger partial charge < -0.3 is 4.74 Å². The number of carbonyl (C=O) groups is 1. The highest BCUT2D eigenvalue weighted by atomic mass is 32.2. The van der Waals surface area contributed by atoms with Gasteiger partial charge in [0.15, 0.2) is 0 Å². The third-order valence-corrected chi connectivity index (χ3v) is 2.90. The summed E-state index contributed by atoms with van der Waals surface area (Å²) in [6.45, 7) is 13.9. The van der Waals surface area contributed by atoms with E-state index in [4.69, 9.17) is 14.5 Å². The first kappa shape index (κ1) is 19.7. The molecule has 0 aliphatic rings. The van der Waals surface area contributed by atoms with Gasteiger partial charge in [-0.25, -0.2) is 9.78 Å². The Morgan fingerprint density at radius 1 is 1.10 bits per heavy atom. The van der Waals surface area contributed by atoms with E-state index in [-0.39, 0.29) is 19.2 Å². The van der Waals surface area contributed by atoms with Gasteiger partial charge in [0.1, 0.15) is 19.8 Å². The summed E-state index contributed by atoms with van der Waals surface area (Å²) in [6.07, 6.45) is 6.55. The zero-order valence-electron chi connectivity index (χ0n) is 12.9. The average molecular weight is 312 g/mol. The second kappa shape index (κ2) is 12.4. The van der Waals surface area contributed by atoms with Crippen LogP contribution in [0.2, 0.25) is 0 Å². The smallest absolute Gasteiger partial charge is 0.306 e. The van der Waals surface area contributed by atoms with Crippen molar-refractivity contribution in [3.05, 3.63) is 47.9 Å². The Bertz CT molecular complexity index is 399. The molecule has 0 rings (SSSR count). The van der Waals surface area contributed by atoms with Crippen molar-refractivity contribution in [2.45, 2.75) is 19.8 Å². The molecule has 0 radical (unpaired) electrons. The van der Waals surface area contributed by atoms with Crippen LogP contribution in [-0.2, 0) is 19.3 Å². The van der Waals surface area contributed by atoms with Gasteiger partial charge in [-0.3, -0.25) is 4.79 Å². The lowest BCUT2D eigenvalue weighted by Crippen LogP contribution is -2.11. The lowest BCUT2D eigenvalue weighted by molar-refractivity contribution is -0.291. The molecule has 0 aliphatic heterocycles. The maximum atomic E-state index is 11.5. The normalized spacial score (nSPS) is 10.6. The van der Waals surface area contributed by atoms with Crippen LogP contribution in [0.25, 0.3) is 0 Å². The fourth-order valence-electron chi connectivity index (χ4n) is 1.09. The number of esters is 1. The summed E-state index contributed by atoms with van der Waals surface area (Å²) in [4.78, 5) is 22.0. The standard InChI is InChI=1S/C16H24O4S/c1-13(2)12-20-19-11-10-18-16(17)9-7-14(3)6-8-15(4)21-5/h6,8H,1,3-4,7,9-12H2,2,5H3/b8-6-. The average Bonchev–Trinajstić information content (AvgIpc) is 2.45. The molecule has 0 aromatic heterocycles. The second-order valence-electron chi connectivity index (χ2n) is 4.42. The van der Waals surface area contributed by atoms with Crippen LogP contribution in [0.3, 0.4) is 0 Å². The fraction of sp³-hybridized carbons (Fsp3) is 0.438. The minimum atomic E-state index is -0.281. The molecule has 0 aromatic rings. The van der Waals surface area contributed by atoms with Gasteiger partial charge in [-0.1, -0.05) is 37.0 Å². The van der Waals surface area contributed by atoms with Crippen LogP contribution < -0.4 is 0 Å². The molecular formula is C16H24O4S. The van der Waals surface area contributed by atoms with Gasteiger partial charge >= 0.3 is 5.97 Å². The fourth-order valence-corrected chi connectivity index (χ4v) is 1.29. The molecule has 21 heavy (non-hydrogen) atoms. The van der Waals surface area contributed by atoms with E-state index in [9.17, 15) is 4.79 Å². The molecule has 0 unspecified atom stereocenters. The van der Waals surface area contributed by atoms with Gasteiger partial charge in [-0.2, -0.15) is 0 Å². The summed E-state index contributed by atoms with van der Waals surface area (Å²) in [6, 6.07) is 0. The first-order valence-corrected chi connectivity index (χ1v) is 7.81. The predicted octanol–water partition coefficient (Wildman–Crippen LogP) is 3.82. The molecule has 5 heteroatoms. The predicted molar refractivity (Wildman–Crippen MR) is 87.8 cm³/mol. The van der Waals surface area contributed by atoms with Gasteiger partial charge in [-0.15, -0.1) is 11.8 Å². The minimum absolute atomic E-state index is 0.167. The van der Waals surface area contributed by atoms with Crippen LogP contribution in [0.1, 0.15) is 19.8 Å². The summed E-state index contributed by atoms with van der Waals surface area (Å²) in [5.41, 5.74) is 1.73. The van der Waals surface area contributed by atoms with Crippen LogP contribution in [0.5, 0.6) is 0 Å². The number of hydrogen-bond acceptors (Lipinski definition) is 5. The summed E-state index contributed by atoms with van der Waals surface area (Å²) < 4.78 is 4.99. The third kappa shape index (κ3) is 13.4. The van der Waals surface area contributed by atoms with Crippen molar-refractivity contribution in [3.8, 4) is 0 Å². The van der Waals surface area contributed by atoms with E-state index in [1.165, 1.54) is 0 Å². The lowest BCUT2D eigenvalue weighted by Gasteiger charge is -2.06. The maximum Gasteiger partial charge on any atom is 0.306 e. The monoisotopic (exact) mass is 312 g/mol. The first-order valence-electron chi connectivity index (χ1n) is 6.59. The molecule has 0 bridgehead atoms. The van der Waals surface area contributed by atoms with Crippen LogP contribution >= 0.6 is 11.8 Å². The SMILES string of the molecule is C=C(C)COOCCOC(=O)CCC(=C)/C=C\C(=C)SC. The van der Waals surface area contributed by atoms with Gasteiger partial charge in [0.05, 0.1) is 0 Å². The van der Waals surface area contributed by atoms with Crippen molar-refractivity contribution < 1.29 is 19.3 Å². The molecule has 0 N–H and O–H groups in total. The topological polar surface area (TPSA) is 44.8 Å². The van der Waals surface area contributed by atoms with E-state index in [1.807, 2.05) is 25.3 Å². The number of hydrogen-bond donors (Lipinski definition) is 0. The number of rotatable bonds is 12. The lowest BCUT2D eigenvalue weighted by atomic mass is 10.1. The van der Waals surface area contributed by atoms with Crippen LogP contribution in [0.4, 0.5) is 0 Å². The number of thioether (sulfide) groups is 1. The van der Waals surface area contributed by atoms with Gasteiger partial charge in [-0.05, 0) is 30.6 Å². The van der Waals surface area contributed by atoms with E-state index >= 15 is 0 Å². The molecule has 0 aromatic carbocycles. The summed E-state index contributed by atoms with van der Waals surface area (Å²) in [5, 5.41) is 0. The zero-order chi connectivity index (χ0) is 16.1. The molecule has 0 heterocycles. The molecule has 0 saturated carbocycles. The molecule has 0 amide bonds. The Hall–Kier alpha value is -1.30. The van der Waals surface area contributed by atoms with Crippen LogP contribution in [0.15, 0.2) is 47.9 Å². The zero-order valence-corrected chi connectivity index (χ0v) is 13.7. The van der Waals surface area contributed by atoms with E-state index in [2.05, 4.69) is 19.7 Å². The Labute approximate surface area is 131 Å². The molecule has 4 nitrogen and oxygen atoms in total. The van der Waals surface area contributed by atoms with Crippen molar-refractivity contribution in [1.29, 1.82) is 0 Å². The van der Waals surface area contributed by atoms with Crippen molar-refractivity contribution in [1.82, 2.24) is 0 Å². The molecule has 0 saturated heterocycles. The molecular weight excluding hydrogens is 288 g/mol. The third-order valence-electron chi connectivity index (χ3n) is 2.24. The molecule has 0 atom stereocenters. The first-order chi connectivity index (χ1) is 9.95. The van der Waals surface area contributed by atoms with Gasteiger partial charge in [0, 0.05) is 6.42 Å². The van der Waals surface area contributed by atoms with E-state index in [1.54, 1.807) is 11.8 Å². The molecule has 0 spiro atoms. The van der Waals surface area contributed by atoms with E-state index < -0.39 is 0 Å². The van der Waals surface area contributed by atoms with Gasteiger partial charge in [0.25, 0.3) is 0 Å². The van der Waals surface area contributed by atoms with Gasteiger partial charge in [0.2, 0.25) is 0 Å². The van der Waals surface area contributed by atoms with Crippen LogP contribution in [-0.4, -0.2) is 32.0 Å². The highest BCUT2D eigenvalue weighted by Crippen LogP contribution is 2.12. The molecule has 0 aliphatic carbocycles. The Morgan fingerprint density at radius 2 is 1.81 bits per heavy atom. The quantitative estimate of drug-likeness (QED) is 0.137. The molecule has 0 fully saturated rings. The largest absolute Gasteiger partial charge is 0.463 e.